The van der Waals surface area contributed by atoms with Crippen molar-refractivity contribution in [1.82, 2.24) is 4.90 Å². The van der Waals surface area contributed by atoms with Crippen LogP contribution in [-0.4, -0.2) is 50.1 Å². The van der Waals surface area contributed by atoms with Crippen LogP contribution in [0.3, 0.4) is 0 Å². The second-order valence-electron chi connectivity index (χ2n) is 4.88. The minimum absolute atomic E-state index is 0.0474. The Balaban J connectivity index is 2.31. The molecule has 1 fully saturated rings. The maximum absolute atomic E-state index is 11.9. The van der Waals surface area contributed by atoms with E-state index in [0.717, 1.165) is 0 Å². The van der Waals surface area contributed by atoms with Crippen LogP contribution in [0.25, 0.3) is 0 Å². The molecule has 1 aliphatic rings. The summed E-state index contributed by atoms with van der Waals surface area (Å²) in [7, 11) is 1.32. The van der Waals surface area contributed by atoms with Gasteiger partial charge in [-0.05, 0) is 12.1 Å². The van der Waals surface area contributed by atoms with E-state index in [1.165, 1.54) is 7.11 Å². The van der Waals surface area contributed by atoms with Gasteiger partial charge in [-0.15, -0.1) is 0 Å². The largest absolute Gasteiger partial charge is 0.465 e. The van der Waals surface area contributed by atoms with E-state index in [2.05, 4.69) is 0 Å². The van der Waals surface area contributed by atoms with Crippen LogP contribution in [-0.2, 0) is 9.53 Å². The molecule has 0 atom stereocenters. The van der Waals surface area contributed by atoms with Crippen molar-refractivity contribution in [1.29, 1.82) is 0 Å². The molecule has 21 heavy (non-hydrogen) atoms. The standard InChI is InChI=1S/C14H18ClN3O3/c1-9(19)17-3-5-18(6-4-17)13-11(14(20)21-2)7-10(16)8-12(13)15/h7-8H,3-6,16H2,1-2H3. The van der Waals surface area contributed by atoms with Gasteiger partial charge in [0.25, 0.3) is 0 Å². The molecule has 1 aromatic carbocycles. The number of rotatable bonds is 2. The zero-order valence-corrected chi connectivity index (χ0v) is 12.8. The topological polar surface area (TPSA) is 75.9 Å². The van der Waals surface area contributed by atoms with Crippen molar-refractivity contribution in [3.05, 3.63) is 22.7 Å². The van der Waals surface area contributed by atoms with Crippen molar-refractivity contribution in [3.8, 4) is 0 Å². The second kappa shape index (κ2) is 6.22. The molecule has 6 nitrogen and oxygen atoms in total. The lowest BCUT2D eigenvalue weighted by molar-refractivity contribution is -0.129. The first-order valence-corrected chi connectivity index (χ1v) is 6.99. The Bertz CT molecular complexity index is 569. The number of amides is 1. The number of hydrogen-bond donors (Lipinski definition) is 1. The molecule has 1 aromatic rings. The quantitative estimate of drug-likeness (QED) is 0.659. The summed E-state index contributed by atoms with van der Waals surface area (Å²) in [5.41, 5.74) is 7.12. The van der Waals surface area contributed by atoms with Crippen molar-refractivity contribution in [2.45, 2.75) is 6.92 Å². The average Bonchev–Trinajstić information content (AvgIpc) is 2.45. The summed E-state index contributed by atoms with van der Waals surface area (Å²) in [6, 6.07) is 3.17. The monoisotopic (exact) mass is 311 g/mol. The smallest absolute Gasteiger partial charge is 0.340 e. The molecule has 0 aliphatic carbocycles. The molecule has 114 valence electrons. The number of nitrogen functional groups attached to an aromatic ring is 1. The summed E-state index contributed by atoms with van der Waals surface area (Å²) >= 11 is 6.26. The highest BCUT2D eigenvalue weighted by Gasteiger charge is 2.25. The SMILES string of the molecule is COC(=O)c1cc(N)cc(Cl)c1N1CCN(C(C)=O)CC1. The summed E-state index contributed by atoms with van der Waals surface area (Å²) in [6.07, 6.45) is 0. The summed E-state index contributed by atoms with van der Waals surface area (Å²) in [5, 5.41) is 0.409. The van der Waals surface area contributed by atoms with E-state index < -0.39 is 5.97 Å². The summed E-state index contributed by atoms with van der Waals surface area (Å²) < 4.78 is 4.79. The Morgan fingerprint density at radius 1 is 1.24 bits per heavy atom. The number of benzene rings is 1. The minimum atomic E-state index is -0.479. The number of nitrogens with zero attached hydrogens (tertiary/aromatic N) is 2. The number of hydrogen-bond acceptors (Lipinski definition) is 5. The van der Waals surface area contributed by atoms with E-state index >= 15 is 0 Å². The summed E-state index contributed by atoms with van der Waals surface area (Å²) in [5.74, 6) is -0.431. The zero-order chi connectivity index (χ0) is 15.6. The van der Waals surface area contributed by atoms with E-state index in [9.17, 15) is 9.59 Å². The third kappa shape index (κ3) is 3.21. The Hall–Kier alpha value is -1.95. The molecule has 7 heteroatoms. The fourth-order valence-corrected chi connectivity index (χ4v) is 2.80. The maximum atomic E-state index is 11.9. The molecule has 1 heterocycles. The zero-order valence-electron chi connectivity index (χ0n) is 12.1. The van der Waals surface area contributed by atoms with Gasteiger partial charge in [-0.3, -0.25) is 4.79 Å². The fourth-order valence-electron chi connectivity index (χ4n) is 2.45. The van der Waals surface area contributed by atoms with Crippen LogP contribution in [0.1, 0.15) is 17.3 Å². The Morgan fingerprint density at radius 3 is 2.38 bits per heavy atom. The summed E-state index contributed by atoms with van der Waals surface area (Å²) in [4.78, 5) is 27.0. The highest BCUT2D eigenvalue weighted by atomic mass is 35.5. The number of piperazine rings is 1. The number of ether oxygens (including phenoxy) is 1. The number of methoxy groups -OCH3 is 1. The number of carbonyl (C=O) groups excluding carboxylic acids is 2. The van der Waals surface area contributed by atoms with Gasteiger partial charge >= 0.3 is 5.97 Å². The van der Waals surface area contributed by atoms with Gasteiger partial charge < -0.3 is 20.3 Å². The first-order chi connectivity index (χ1) is 9.93. The third-order valence-corrected chi connectivity index (χ3v) is 3.82. The molecule has 2 rings (SSSR count). The molecule has 0 bridgehead atoms. The molecular weight excluding hydrogens is 294 g/mol. The molecule has 0 spiro atoms. The molecule has 0 radical (unpaired) electrons. The lowest BCUT2D eigenvalue weighted by Gasteiger charge is -2.36. The van der Waals surface area contributed by atoms with Gasteiger partial charge in [-0.2, -0.15) is 0 Å². The van der Waals surface area contributed by atoms with E-state index in [1.54, 1.807) is 24.0 Å². The van der Waals surface area contributed by atoms with Crippen molar-refractivity contribution < 1.29 is 14.3 Å². The molecule has 0 aromatic heterocycles. The van der Waals surface area contributed by atoms with Crippen LogP contribution in [0.15, 0.2) is 12.1 Å². The molecule has 0 saturated carbocycles. The van der Waals surface area contributed by atoms with Crippen LogP contribution in [0.2, 0.25) is 5.02 Å². The highest BCUT2D eigenvalue weighted by molar-refractivity contribution is 6.34. The number of carbonyl (C=O) groups is 2. The number of nitrogens with two attached hydrogens (primary N) is 1. The minimum Gasteiger partial charge on any atom is -0.465 e. The lowest BCUT2D eigenvalue weighted by Crippen LogP contribution is -2.48. The van der Waals surface area contributed by atoms with E-state index in [1.807, 2.05) is 4.90 Å². The predicted molar refractivity (Wildman–Crippen MR) is 81.7 cm³/mol. The first kappa shape index (κ1) is 15.4. The van der Waals surface area contributed by atoms with Crippen LogP contribution >= 0.6 is 11.6 Å². The Kier molecular flexibility index (Phi) is 4.57. The average molecular weight is 312 g/mol. The Labute approximate surface area is 128 Å². The van der Waals surface area contributed by atoms with Crippen molar-refractivity contribution >= 4 is 34.9 Å². The molecule has 1 amide bonds. The van der Waals surface area contributed by atoms with Crippen molar-refractivity contribution in [2.24, 2.45) is 0 Å². The third-order valence-electron chi connectivity index (χ3n) is 3.53. The van der Waals surface area contributed by atoms with Gasteiger partial charge in [0.1, 0.15) is 0 Å². The van der Waals surface area contributed by atoms with Crippen molar-refractivity contribution in [2.75, 3.05) is 43.9 Å². The number of esters is 1. The Morgan fingerprint density at radius 2 is 1.86 bits per heavy atom. The van der Waals surface area contributed by atoms with Gasteiger partial charge in [0.2, 0.25) is 5.91 Å². The summed E-state index contributed by atoms with van der Waals surface area (Å²) in [6.45, 7) is 3.94. The van der Waals surface area contributed by atoms with Gasteiger partial charge in [0.15, 0.2) is 0 Å². The molecule has 1 saturated heterocycles. The van der Waals surface area contributed by atoms with Gasteiger partial charge in [0, 0.05) is 38.8 Å². The maximum Gasteiger partial charge on any atom is 0.340 e. The van der Waals surface area contributed by atoms with Gasteiger partial charge in [-0.25, -0.2) is 4.79 Å². The second-order valence-corrected chi connectivity index (χ2v) is 5.29. The van der Waals surface area contributed by atoms with E-state index in [0.29, 0.717) is 48.1 Å². The van der Waals surface area contributed by atoms with Gasteiger partial charge in [-0.1, -0.05) is 11.6 Å². The van der Waals surface area contributed by atoms with E-state index in [4.69, 9.17) is 22.1 Å². The van der Waals surface area contributed by atoms with Crippen molar-refractivity contribution in [3.63, 3.8) is 0 Å². The molecular formula is C14H18ClN3O3. The number of anilines is 2. The highest BCUT2D eigenvalue weighted by Crippen LogP contribution is 2.33. The molecule has 2 N–H and O–H groups in total. The van der Waals surface area contributed by atoms with Crippen LogP contribution in [0.4, 0.5) is 11.4 Å². The normalized spacial score (nSPS) is 15.0. The molecule has 1 aliphatic heterocycles. The number of halogens is 1. The predicted octanol–water partition coefficient (Wildman–Crippen LogP) is 1.38. The molecule has 0 unspecified atom stereocenters. The van der Waals surface area contributed by atoms with Crippen LogP contribution < -0.4 is 10.6 Å². The lowest BCUT2D eigenvalue weighted by atomic mass is 10.1. The van der Waals surface area contributed by atoms with Crippen LogP contribution in [0.5, 0.6) is 0 Å². The van der Waals surface area contributed by atoms with Crippen LogP contribution in [0, 0.1) is 0 Å². The first-order valence-electron chi connectivity index (χ1n) is 6.62. The van der Waals surface area contributed by atoms with E-state index in [-0.39, 0.29) is 5.91 Å². The van der Waals surface area contributed by atoms with Gasteiger partial charge in [0.05, 0.1) is 23.4 Å². The fraction of sp³-hybridized carbons (Fsp3) is 0.429.